The van der Waals surface area contributed by atoms with Gasteiger partial charge >= 0.3 is 0 Å². The van der Waals surface area contributed by atoms with Crippen molar-refractivity contribution < 1.29 is 0 Å². The lowest BCUT2D eigenvalue weighted by molar-refractivity contribution is 0.395. The van der Waals surface area contributed by atoms with Gasteiger partial charge < -0.3 is 10.2 Å². The quantitative estimate of drug-likeness (QED) is 0.897. The molecular weight excluding hydrogens is 258 g/mol. The van der Waals surface area contributed by atoms with Crippen molar-refractivity contribution in [3.8, 4) is 6.07 Å². The van der Waals surface area contributed by atoms with E-state index < -0.39 is 0 Å². The minimum atomic E-state index is 0.461. The molecule has 3 nitrogen and oxygen atoms in total. The maximum atomic E-state index is 9.45. The van der Waals surface area contributed by atoms with Crippen LogP contribution in [0.3, 0.4) is 0 Å². The second kappa shape index (κ2) is 7.47. The topological polar surface area (TPSA) is 39.1 Å². The average Bonchev–Trinajstić information content (AvgIpc) is 2.52. The van der Waals surface area contributed by atoms with E-state index in [4.69, 9.17) is 0 Å². The van der Waals surface area contributed by atoms with Gasteiger partial charge in [0.05, 0.1) is 11.3 Å². The molecule has 0 saturated carbocycles. The van der Waals surface area contributed by atoms with Gasteiger partial charge in [0.2, 0.25) is 0 Å². The fourth-order valence-corrected chi connectivity index (χ4v) is 2.96. The first kappa shape index (κ1) is 15.9. The van der Waals surface area contributed by atoms with E-state index >= 15 is 0 Å². The summed E-state index contributed by atoms with van der Waals surface area (Å²) in [6, 6.07) is 9.15. The lowest BCUT2D eigenvalue weighted by Gasteiger charge is -2.33. The van der Waals surface area contributed by atoms with Crippen LogP contribution in [0.25, 0.3) is 0 Å². The van der Waals surface area contributed by atoms with E-state index in [1.807, 2.05) is 6.07 Å². The Hall–Kier alpha value is -1.53. The largest absolute Gasteiger partial charge is 0.370 e. The summed E-state index contributed by atoms with van der Waals surface area (Å²) in [6.45, 7) is 9.53. The van der Waals surface area contributed by atoms with Crippen molar-refractivity contribution in [2.75, 3.05) is 18.0 Å². The van der Waals surface area contributed by atoms with E-state index in [1.54, 1.807) is 0 Å². The SMILES string of the molecule is CCC1CCN(c2ccc(CNC(C)C)cc2C#N)CC1. The Bertz CT molecular complexity index is 494. The summed E-state index contributed by atoms with van der Waals surface area (Å²) in [5.41, 5.74) is 3.11. The van der Waals surface area contributed by atoms with Crippen LogP contribution in [0.2, 0.25) is 0 Å². The van der Waals surface area contributed by atoms with E-state index in [1.165, 1.54) is 24.8 Å². The second-order valence-corrected chi connectivity index (χ2v) is 6.34. The van der Waals surface area contributed by atoms with Gasteiger partial charge in [-0.15, -0.1) is 0 Å². The molecule has 0 amide bonds. The maximum Gasteiger partial charge on any atom is 0.101 e. The van der Waals surface area contributed by atoms with E-state index in [9.17, 15) is 5.26 Å². The average molecular weight is 285 g/mol. The number of nitrogens with one attached hydrogen (secondary N) is 1. The Labute approximate surface area is 129 Å². The maximum absolute atomic E-state index is 9.45. The first-order valence-electron chi connectivity index (χ1n) is 8.15. The summed E-state index contributed by atoms with van der Waals surface area (Å²) in [7, 11) is 0. The lowest BCUT2D eigenvalue weighted by Crippen LogP contribution is -2.34. The van der Waals surface area contributed by atoms with Crippen molar-refractivity contribution in [3.63, 3.8) is 0 Å². The standard InChI is InChI=1S/C18H27N3/c1-4-15-7-9-21(10-8-15)18-6-5-16(11-17(18)12-19)13-20-14(2)3/h5-6,11,14-15,20H,4,7-10,13H2,1-3H3. The molecule has 0 unspecified atom stereocenters. The Morgan fingerprint density at radius 1 is 1.33 bits per heavy atom. The number of piperidine rings is 1. The highest BCUT2D eigenvalue weighted by Gasteiger charge is 2.20. The number of anilines is 1. The molecule has 1 aromatic rings. The van der Waals surface area contributed by atoms with Crippen molar-refractivity contribution in [3.05, 3.63) is 29.3 Å². The minimum absolute atomic E-state index is 0.461. The third kappa shape index (κ3) is 4.22. The van der Waals surface area contributed by atoms with Crippen LogP contribution in [-0.4, -0.2) is 19.1 Å². The van der Waals surface area contributed by atoms with Crippen LogP contribution in [0.4, 0.5) is 5.69 Å². The van der Waals surface area contributed by atoms with E-state index in [2.05, 4.69) is 49.2 Å². The molecule has 1 aliphatic rings. The highest BCUT2D eigenvalue weighted by Crippen LogP contribution is 2.28. The van der Waals surface area contributed by atoms with Crippen molar-refractivity contribution in [1.29, 1.82) is 5.26 Å². The predicted molar refractivity (Wildman–Crippen MR) is 88.4 cm³/mol. The molecular formula is C18H27N3. The molecule has 1 heterocycles. The number of benzene rings is 1. The number of nitrogens with zero attached hydrogens (tertiary/aromatic N) is 2. The molecule has 3 heteroatoms. The molecule has 1 saturated heterocycles. The van der Waals surface area contributed by atoms with Crippen LogP contribution >= 0.6 is 0 Å². The van der Waals surface area contributed by atoms with Gasteiger partial charge in [-0.2, -0.15) is 5.26 Å². The van der Waals surface area contributed by atoms with Crippen molar-refractivity contribution in [2.24, 2.45) is 5.92 Å². The fraction of sp³-hybridized carbons (Fsp3) is 0.611. The molecule has 1 fully saturated rings. The summed E-state index contributed by atoms with van der Waals surface area (Å²) in [5, 5.41) is 12.9. The molecule has 0 spiro atoms. The van der Waals surface area contributed by atoms with Gasteiger partial charge in [-0.05, 0) is 36.5 Å². The van der Waals surface area contributed by atoms with Crippen LogP contribution in [0, 0.1) is 17.2 Å². The number of hydrogen-bond donors (Lipinski definition) is 1. The van der Waals surface area contributed by atoms with Crippen LogP contribution in [-0.2, 0) is 6.54 Å². The van der Waals surface area contributed by atoms with Crippen LogP contribution in [0.5, 0.6) is 0 Å². The summed E-state index contributed by atoms with van der Waals surface area (Å²) < 4.78 is 0. The zero-order valence-electron chi connectivity index (χ0n) is 13.5. The van der Waals surface area contributed by atoms with E-state index in [-0.39, 0.29) is 0 Å². The third-order valence-electron chi connectivity index (χ3n) is 4.43. The first-order valence-corrected chi connectivity index (χ1v) is 8.15. The molecule has 1 aliphatic heterocycles. The lowest BCUT2D eigenvalue weighted by atomic mass is 9.93. The van der Waals surface area contributed by atoms with Gasteiger partial charge in [-0.25, -0.2) is 0 Å². The van der Waals surface area contributed by atoms with Crippen molar-refractivity contribution in [1.82, 2.24) is 5.32 Å². The Balaban J connectivity index is 2.08. The Morgan fingerprint density at radius 2 is 2.05 bits per heavy atom. The van der Waals surface area contributed by atoms with Crippen LogP contribution in [0.15, 0.2) is 18.2 Å². The molecule has 0 bridgehead atoms. The molecule has 21 heavy (non-hydrogen) atoms. The molecule has 0 aliphatic carbocycles. The Kier molecular flexibility index (Phi) is 5.64. The third-order valence-corrected chi connectivity index (χ3v) is 4.43. The number of hydrogen-bond acceptors (Lipinski definition) is 3. The minimum Gasteiger partial charge on any atom is -0.370 e. The predicted octanol–water partition coefficient (Wildman–Crippen LogP) is 3.68. The van der Waals surface area contributed by atoms with Crippen LogP contribution < -0.4 is 10.2 Å². The van der Waals surface area contributed by atoms with Crippen molar-refractivity contribution in [2.45, 2.75) is 52.6 Å². The molecule has 2 rings (SSSR count). The van der Waals surface area contributed by atoms with Gasteiger partial charge in [-0.1, -0.05) is 33.3 Å². The highest BCUT2D eigenvalue weighted by atomic mass is 15.1. The Morgan fingerprint density at radius 3 is 2.62 bits per heavy atom. The normalized spacial score (nSPS) is 16.2. The molecule has 0 radical (unpaired) electrons. The first-order chi connectivity index (χ1) is 10.1. The van der Waals surface area contributed by atoms with Crippen LogP contribution in [0.1, 0.15) is 51.2 Å². The smallest absolute Gasteiger partial charge is 0.101 e. The molecule has 114 valence electrons. The van der Waals surface area contributed by atoms with E-state index in [0.29, 0.717) is 6.04 Å². The van der Waals surface area contributed by atoms with Gasteiger partial charge in [-0.3, -0.25) is 0 Å². The molecule has 1 aromatic carbocycles. The second-order valence-electron chi connectivity index (χ2n) is 6.34. The highest BCUT2D eigenvalue weighted by molar-refractivity contribution is 5.60. The van der Waals surface area contributed by atoms with Gasteiger partial charge in [0.15, 0.2) is 0 Å². The summed E-state index contributed by atoms with van der Waals surface area (Å²) in [5.74, 6) is 0.862. The van der Waals surface area contributed by atoms with Gasteiger partial charge in [0.25, 0.3) is 0 Å². The van der Waals surface area contributed by atoms with Crippen molar-refractivity contribution >= 4 is 5.69 Å². The molecule has 0 atom stereocenters. The fourth-order valence-electron chi connectivity index (χ4n) is 2.96. The summed E-state index contributed by atoms with van der Waals surface area (Å²) in [6.07, 6.45) is 3.77. The zero-order chi connectivity index (χ0) is 15.2. The van der Waals surface area contributed by atoms with Gasteiger partial charge in [0.1, 0.15) is 6.07 Å². The molecule has 1 N–H and O–H groups in total. The monoisotopic (exact) mass is 285 g/mol. The summed E-state index contributed by atoms with van der Waals surface area (Å²) >= 11 is 0. The number of rotatable bonds is 5. The molecule has 0 aromatic heterocycles. The summed E-state index contributed by atoms with van der Waals surface area (Å²) in [4.78, 5) is 2.38. The van der Waals surface area contributed by atoms with Gasteiger partial charge in [0, 0.05) is 25.7 Å². The zero-order valence-corrected chi connectivity index (χ0v) is 13.5. The van der Waals surface area contributed by atoms with E-state index in [0.717, 1.165) is 36.8 Å². The number of nitriles is 1.